The van der Waals surface area contributed by atoms with E-state index in [1.807, 2.05) is 6.92 Å². The van der Waals surface area contributed by atoms with Crippen LogP contribution < -0.4 is 0 Å². The van der Waals surface area contributed by atoms with E-state index in [4.69, 9.17) is 18.5 Å². The van der Waals surface area contributed by atoms with Crippen molar-refractivity contribution >= 4 is 49.0 Å². The van der Waals surface area contributed by atoms with Crippen molar-refractivity contribution in [2.24, 2.45) is 0 Å². The van der Waals surface area contributed by atoms with Gasteiger partial charge in [0.25, 0.3) is 0 Å². The summed E-state index contributed by atoms with van der Waals surface area (Å²) in [6, 6.07) is 0. The van der Waals surface area contributed by atoms with Crippen molar-refractivity contribution in [1.29, 1.82) is 0 Å². The lowest BCUT2D eigenvalue weighted by molar-refractivity contribution is -0.209. The van der Waals surface area contributed by atoms with Gasteiger partial charge in [-0.15, -0.1) is 0 Å². The first-order chi connectivity index (χ1) is 32.9. The average Bonchev–Trinajstić information content (AvgIpc) is 3.25. The molecule has 1 saturated carbocycles. The summed E-state index contributed by atoms with van der Waals surface area (Å²) < 4.78 is 82.1. The van der Waals surface area contributed by atoms with Gasteiger partial charge >= 0.3 is 43.2 Å². The predicted octanol–water partition coefficient (Wildman–Crippen LogP) is 8.03. The Kier molecular flexibility index (Phi) is 35.2. The topological polar surface area (TPSA) is 366 Å². The van der Waals surface area contributed by atoms with E-state index >= 15 is 0 Å². The fraction of sp³-hybridized carbons (Fsp3) is 0.930. The van der Waals surface area contributed by atoms with Crippen LogP contribution in [0.4, 0.5) is 0 Å². The minimum Gasteiger partial charge on any atom is -0.462 e. The van der Waals surface area contributed by atoms with Gasteiger partial charge < -0.3 is 53.9 Å². The van der Waals surface area contributed by atoms with Crippen molar-refractivity contribution < 1.29 is 109 Å². The van der Waals surface area contributed by atoms with E-state index in [-0.39, 0.29) is 12.8 Å². The van der Waals surface area contributed by atoms with Crippen molar-refractivity contribution in [1.82, 2.24) is 0 Å². The lowest BCUT2D eigenvalue weighted by atomic mass is 9.85. The van der Waals surface area contributed by atoms with Gasteiger partial charge in [0, 0.05) is 25.7 Å². The molecule has 1 rings (SSSR count). The molecular formula is C43H84O23P4. The van der Waals surface area contributed by atoms with E-state index in [0.717, 1.165) is 103 Å². The molecule has 0 aromatic heterocycles. The Hall–Kier alpha value is -1.03. The summed E-state index contributed by atoms with van der Waals surface area (Å²) >= 11 is 0. The maximum atomic E-state index is 13.3. The smallest absolute Gasteiger partial charge is 0.462 e. The molecule has 0 heterocycles. The molecular weight excluding hydrogens is 1010 g/mol. The molecule has 0 aliphatic heterocycles. The van der Waals surface area contributed by atoms with Crippen LogP contribution in [0, 0.1) is 0 Å². The number of carbonyl (C=O) groups is 3. The van der Waals surface area contributed by atoms with Crippen LogP contribution in [0.15, 0.2) is 0 Å². The molecule has 0 bridgehead atoms. The fourth-order valence-electron chi connectivity index (χ4n) is 7.97. The van der Waals surface area contributed by atoms with Crippen LogP contribution in [0.5, 0.6) is 0 Å². The number of phosphoric ester groups is 4. The maximum Gasteiger partial charge on any atom is 0.472 e. The van der Waals surface area contributed by atoms with Gasteiger partial charge in [0.2, 0.25) is 0 Å². The van der Waals surface area contributed by atoms with Crippen LogP contribution >= 0.6 is 31.3 Å². The molecule has 0 aromatic rings. The zero-order valence-corrected chi connectivity index (χ0v) is 44.6. The molecule has 27 heteroatoms. The Morgan fingerprint density at radius 2 is 0.771 bits per heavy atom. The molecule has 8 atom stereocenters. The largest absolute Gasteiger partial charge is 0.472 e. The number of hydrogen-bond acceptors (Lipinski definition) is 16. The highest BCUT2D eigenvalue weighted by atomic mass is 31.2. The highest BCUT2D eigenvalue weighted by Crippen LogP contribution is 2.53. The second-order valence-corrected chi connectivity index (χ2v) is 22.9. The third-order valence-corrected chi connectivity index (χ3v) is 14.1. The zero-order valence-electron chi connectivity index (χ0n) is 41.0. The molecule has 1 aliphatic carbocycles. The van der Waals surface area contributed by atoms with E-state index in [1.165, 1.54) is 44.9 Å². The third kappa shape index (κ3) is 34.5. The Balaban J connectivity index is 2.87. The number of aliphatic hydroxyl groups excluding tert-OH is 2. The second-order valence-electron chi connectivity index (χ2n) is 18.0. The predicted molar refractivity (Wildman–Crippen MR) is 255 cm³/mol. The van der Waals surface area contributed by atoms with E-state index < -0.39 is 99.2 Å². The quantitative estimate of drug-likeness (QED) is 0.0158. The number of ketones is 1. The first kappa shape index (κ1) is 67.0. The van der Waals surface area contributed by atoms with Crippen molar-refractivity contribution in [3.05, 3.63) is 0 Å². The van der Waals surface area contributed by atoms with E-state index in [2.05, 4.69) is 20.5 Å². The molecule has 1 aliphatic rings. The molecule has 414 valence electrons. The summed E-state index contributed by atoms with van der Waals surface area (Å²) in [7, 11) is -23.0. The van der Waals surface area contributed by atoms with Gasteiger partial charge in [-0.1, -0.05) is 149 Å². The number of esters is 2. The number of Topliss-reactive ketones (excluding diaryl/α,β-unsaturated/α-hetero) is 1. The van der Waals surface area contributed by atoms with E-state index in [1.54, 1.807) is 0 Å². The van der Waals surface area contributed by atoms with Gasteiger partial charge in [0.05, 0.1) is 6.61 Å². The van der Waals surface area contributed by atoms with Crippen LogP contribution in [0.3, 0.4) is 0 Å². The lowest BCUT2D eigenvalue weighted by Crippen LogP contribution is -2.65. The van der Waals surface area contributed by atoms with Crippen molar-refractivity contribution in [3.63, 3.8) is 0 Å². The minimum atomic E-state index is -5.79. The first-order valence-corrected chi connectivity index (χ1v) is 31.1. The minimum absolute atomic E-state index is 0.0166. The molecule has 0 radical (unpaired) electrons. The van der Waals surface area contributed by atoms with Gasteiger partial charge in [0.15, 0.2) is 6.10 Å². The Labute approximate surface area is 413 Å². The molecule has 0 saturated heterocycles. The Bertz CT molecular complexity index is 1600. The molecule has 1 fully saturated rings. The Morgan fingerprint density at radius 1 is 0.414 bits per heavy atom. The van der Waals surface area contributed by atoms with Crippen LogP contribution in [0.25, 0.3) is 0 Å². The molecule has 0 spiro atoms. The SMILES string of the molecule is CCCCCCCCCCCCCCCC(=O)O[C@H](COC(=O)CCCCCCCCCCCCCC(=O)CCC)COP(=O)(O)OC1C(O)[C@@H](OP(=O)(O)O)C(OP(=O)(O)O)[C@@H](OP(=O)(O)O)[C@H]1O. The van der Waals surface area contributed by atoms with Crippen LogP contribution in [0.2, 0.25) is 0 Å². The summed E-state index contributed by atoms with van der Waals surface area (Å²) in [5, 5.41) is 21.8. The number of phosphoric acid groups is 4. The van der Waals surface area contributed by atoms with E-state index in [0.29, 0.717) is 31.5 Å². The summed E-state index contributed by atoms with van der Waals surface area (Å²) in [5.41, 5.74) is 0. The Morgan fingerprint density at radius 3 is 1.16 bits per heavy atom. The molecule has 0 aromatic carbocycles. The molecule has 9 N–H and O–H groups in total. The number of aliphatic hydroxyl groups is 2. The standard InChI is InChI=1S/C43H84O23P4/c1-3-5-6-7-8-9-10-11-14-18-21-24-27-31-37(46)62-35(32-60-36(45)30-26-23-20-17-15-12-13-16-19-22-25-29-34(44)28-4-2)33-61-70(58,59)66-40-38(47)41(63-67(49,50)51)43(65-69(55,56)57)42(39(40)48)64-68(52,53)54/h35,38-43,47-48H,3-33H2,1-2H3,(H,58,59)(H2,49,50,51)(H2,52,53,54)(H2,55,56,57)/t35-,38+,39?,40?,41+,42-,43?/m1/s1. The molecule has 4 unspecified atom stereocenters. The highest BCUT2D eigenvalue weighted by molar-refractivity contribution is 7.47. The van der Waals surface area contributed by atoms with Gasteiger partial charge in [0.1, 0.15) is 49.0 Å². The normalized spacial score (nSPS) is 21.3. The average molecular weight is 1090 g/mol. The monoisotopic (exact) mass is 1090 g/mol. The van der Waals surface area contributed by atoms with Crippen molar-refractivity contribution in [2.75, 3.05) is 13.2 Å². The highest BCUT2D eigenvalue weighted by Gasteiger charge is 2.59. The molecule has 0 amide bonds. The summed E-state index contributed by atoms with van der Waals surface area (Å²) in [6.07, 6.45) is 8.70. The van der Waals surface area contributed by atoms with Crippen LogP contribution in [0.1, 0.15) is 200 Å². The summed E-state index contributed by atoms with van der Waals surface area (Å²) in [5.74, 6) is -1.09. The number of unbranched alkanes of at least 4 members (excludes halogenated alkanes) is 22. The van der Waals surface area contributed by atoms with Gasteiger partial charge in [-0.05, 0) is 25.7 Å². The van der Waals surface area contributed by atoms with Crippen molar-refractivity contribution in [3.8, 4) is 0 Å². The van der Waals surface area contributed by atoms with E-state index in [9.17, 15) is 77.1 Å². The van der Waals surface area contributed by atoms with Crippen molar-refractivity contribution in [2.45, 2.75) is 243 Å². The molecule has 70 heavy (non-hydrogen) atoms. The van der Waals surface area contributed by atoms with Gasteiger partial charge in [-0.2, -0.15) is 0 Å². The third-order valence-electron chi connectivity index (χ3n) is 11.5. The zero-order chi connectivity index (χ0) is 52.6. The van der Waals surface area contributed by atoms with Crippen LogP contribution in [-0.4, -0.2) is 118 Å². The second kappa shape index (κ2) is 36.8. The maximum absolute atomic E-state index is 13.3. The number of carbonyl (C=O) groups excluding carboxylic acids is 3. The summed E-state index contributed by atoms with van der Waals surface area (Å²) in [4.78, 5) is 104. The van der Waals surface area contributed by atoms with Gasteiger partial charge in [-0.3, -0.25) is 37.0 Å². The van der Waals surface area contributed by atoms with Gasteiger partial charge in [-0.25, -0.2) is 18.3 Å². The molecule has 23 nitrogen and oxygen atoms in total. The fourth-order valence-corrected chi connectivity index (χ4v) is 10.6. The number of hydrogen-bond donors (Lipinski definition) is 9. The number of ether oxygens (including phenoxy) is 2. The lowest BCUT2D eigenvalue weighted by Gasteiger charge is -2.45. The summed E-state index contributed by atoms with van der Waals surface area (Å²) in [6.45, 7) is 2.53. The number of rotatable bonds is 44. The van der Waals surface area contributed by atoms with Crippen LogP contribution in [-0.2, 0) is 64.7 Å². The first-order valence-electron chi connectivity index (χ1n) is 25.0.